The molecule has 1 saturated carbocycles. The molecule has 1 amide bonds. The highest BCUT2D eigenvalue weighted by Gasteiger charge is 2.33. The lowest BCUT2D eigenvalue weighted by atomic mass is 9.82. The molecule has 1 aromatic carbocycles. The number of hydrogen-bond donors (Lipinski definition) is 2. The summed E-state index contributed by atoms with van der Waals surface area (Å²) in [5, 5.41) is 3.61. The van der Waals surface area contributed by atoms with Crippen molar-refractivity contribution in [3.8, 4) is 5.75 Å². The lowest BCUT2D eigenvalue weighted by Crippen LogP contribution is -2.47. The van der Waals surface area contributed by atoms with E-state index in [2.05, 4.69) is 20.3 Å². The number of aromatic amines is 1. The van der Waals surface area contributed by atoms with Crippen molar-refractivity contribution in [3.63, 3.8) is 0 Å². The predicted octanol–water partition coefficient (Wildman–Crippen LogP) is 5.19. The van der Waals surface area contributed by atoms with E-state index in [-0.39, 0.29) is 41.8 Å². The Hall–Kier alpha value is -4.41. The van der Waals surface area contributed by atoms with E-state index in [1.165, 1.54) is 0 Å². The average molecular weight is 633 g/mol. The second-order valence-electron chi connectivity index (χ2n) is 12.6. The highest BCUT2D eigenvalue weighted by molar-refractivity contribution is 6.03. The van der Waals surface area contributed by atoms with Crippen LogP contribution in [-0.4, -0.2) is 63.9 Å². The lowest BCUT2D eigenvalue weighted by Gasteiger charge is -2.27. The van der Waals surface area contributed by atoms with E-state index in [0.29, 0.717) is 47.9 Å². The number of hydrogen-bond acceptors (Lipinski definition) is 9. The first-order chi connectivity index (χ1) is 21.9. The van der Waals surface area contributed by atoms with Gasteiger partial charge in [0.25, 0.3) is 0 Å². The van der Waals surface area contributed by atoms with Gasteiger partial charge in [0.2, 0.25) is 5.91 Å². The second kappa shape index (κ2) is 15.2. The summed E-state index contributed by atoms with van der Waals surface area (Å²) in [4.78, 5) is 78.0. The van der Waals surface area contributed by atoms with Gasteiger partial charge >= 0.3 is 5.97 Å². The van der Waals surface area contributed by atoms with Gasteiger partial charge in [0.15, 0.2) is 18.2 Å². The summed E-state index contributed by atoms with van der Waals surface area (Å²) in [5.74, 6) is -1.79. The molecule has 0 aliphatic heterocycles. The van der Waals surface area contributed by atoms with Crippen LogP contribution in [-0.2, 0) is 19.1 Å². The molecule has 3 atom stereocenters. The molecule has 0 bridgehead atoms. The molecular weight excluding hydrogens is 588 g/mol. The summed E-state index contributed by atoms with van der Waals surface area (Å²) >= 11 is 0. The van der Waals surface area contributed by atoms with E-state index in [0.717, 1.165) is 23.7 Å². The number of amides is 1. The zero-order valence-corrected chi connectivity index (χ0v) is 27.5. The second-order valence-corrected chi connectivity index (χ2v) is 12.6. The van der Waals surface area contributed by atoms with Crippen LogP contribution in [0.4, 0.5) is 0 Å². The van der Waals surface area contributed by atoms with Crippen LogP contribution in [0.5, 0.6) is 5.75 Å². The minimum atomic E-state index is -1.06. The molecule has 11 heteroatoms. The number of aryl methyl sites for hydroxylation is 3. The molecule has 46 heavy (non-hydrogen) atoms. The Bertz CT molecular complexity index is 1600. The molecule has 246 valence electrons. The number of ether oxygens (including phenoxy) is 2. The van der Waals surface area contributed by atoms with Crippen molar-refractivity contribution >= 4 is 40.1 Å². The van der Waals surface area contributed by atoms with Crippen LogP contribution >= 0.6 is 0 Å². The fraction of sp³-hybridized carbons (Fsp3) is 0.514. The summed E-state index contributed by atoms with van der Waals surface area (Å²) in [6.45, 7) is 8.37. The Labute approximate surface area is 269 Å². The monoisotopic (exact) mass is 632 g/mol. The summed E-state index contributed by atoms with van der Waals surface area (Å²) in [6, 6.07) is 6.13. The number of methoxy groups -OCH3 is 1. The topological polar surface area (TPSA) is 157 Å². The number of H-pyrrole nitrogens is 1. The Morgan fingerprint density at radius 1 is 1.07 bits per heavy atom. The first-order valence-corrected chi connectivity index (χ1v) is 15.9. The largest absolute Gasteiger partial charge is 0.496 e. The Balaban J connectivity index is 1.51. The van der Waals surface area contributed by atoms with Gasteiger partial charge in [-0.2, -0.15) is 0 Å². The normalized spacial score (nSPS) is 16.2. The number of nitrogens with zero attached hydrogens (tertiary/aromatic N) is 2. The summed E-state index contributed by atoms with van der Waals surface area (Å²) in [6.07, 6.45) is 3.14. The van der Waals surface area contributed by atoms with Gasteiger partial charge in [-0.25, -0.2) is 14.8 Å². The summed E-state index contributed by atoms with van der Waals surface area (Å²) in [5.41, 5.74) is 2.17. The van der Waals surface area contributed by atoms with Gasteiger partial charge in [-0.1, -0.05) is 26.3 Å². The summed E-state index contributed by atoms with van der Waals surface area (Å²) in [7, 11) is 1.56. The van der Waals surface area contributed by atoms with Crippen LogP contribution in [0.3, 0.4) is 0 Å². The number of esters is 1. The van der Waals surface area contributed by atoms with Crippen LogP contribution in [0, 0.1) is 38.5 Å². The molecule has 0 radical (unpaired) electrons. The number of carbonyl (C=O) groups excluding carboxylic acids is 5. The van der Waals surface area contributed by atoms with Crippen LogP contribution in [0.15, 0.2) is 24.3 Å². The minimum absolute atomic E-state index is 0.0569. The molecule has 1 aliphatic carbocycles. The molecule has 0 unspecified atom stereocenters. The van der Waals surface area contributed by atoms with Gasteiger partial charge in [-0.3, -0.25) is 19.2 Å². The van der Waals surface area contributed by atoms with Crippen molar-refractivity contribution in [1.29, 1.82) is 0 Å². The molecule has 0 spiro atoms. The maximum Gasteiger partial charge on any atom is 0.342 e. The maximum absolute atomic E-state index is 13.8. The highest BCUT2D eigenvalue weighted by atomic mass is 16.5. The number of carbonyl (C=O) groups is 5. The van der Waals surface area contributed by atoms with Crippen molar-refractivity contribution in [2.75, 3.05) is 13.7 Å². The van der Waals surface area contributed by atoms with Crippen LogP contribution in [0.1, 0.15) is 96.9 Å². The quantitative estimate of drug-likeness (QED) is 0.180. The third-order valence-corrected chi connectivity index (χ3v) is 8.54. The van der Waals surface area contributed by atoms with E-state index in [9.17, 15) is 24.0 Å². The van der Waals surface area contributed by atoms with Crippen molar-refractivity contribution in [2.24, 2.45) is 17.8 Å². The van der Waals surface area contributed by atoms with Crippen molar-refractivity contribution < 1.29 is 33.4 Å². The zero-order chi connectivity index (χ0) is 33.5. The van der Waals surface area contributed by atoms with Gasteiger partial charge in [0, 0.05) is 35.6 Å². The Morgan fingerprint density at radius 2 is 1.78 bits per heavy atom. The van der Waals surface area contributed by atoms with Crippen molar-refractivity contribution in [3.05, 3.63) is 52.7 Å². The van der Waals surface area contributed by atoms with Crippen LogP contribution in [0.2, 0.25) is 0 Å². The average Bonchev–Trinajstić information content (AvgIpc) is 3.44. The fourth-order valence-electron chi connectivity index (χ4n) is 6.28. The standard InChI is InChI=1S/C35H44N4O7/c1-19(2)14-24(16-30(41)28-17-25-26(38-28)11-9-13-32(25)45-6)34(43)39-27(15-23-10-7-8-12-29(23)40)31(42)18-46-35(44)33-20(3)36-22(5)37-21(33)4/h9,11,13,17,19,23-24,27,38H,7-8,10,12,14-16,18H2,1-6H3,(H,39,43)/t23-,24+,27-/m0/s1. The zero-order valence-electron chi connectivity index (χ0n) is 27.5. The molecule has 0 saturated heterocycles. The van der Waals surface area contributed by atoms with E-state index in [4.69, 9.17) is 9.47 Å². The maximum atomic E-state index is 13.8. The van der Waals surface area contributed by atoms with Gasteiger partial charge in [-0.15, -0.1) is 0 Å². The number of benzene rings is 1. The van der Waals surface area contributed by atoms with Gasteiger partial charge in [0.05, 0.1) is 30.2 Å². The SMILES string of the molecule is COc1cccc2[nH]c(C(=O)C[C@@H](CC(C)C)C(=O)N[C@@H](C[C@@H]3CCCCC3=O)C(=O)COC(=O)c3c(C)nc(C)nc3C)cc12. The van der Waals surface area contributed by atoms with Gasteiger partial charge < -0.3 is 19.8 Å². The number of fused-ring (bicyclic) bond motifs is 1. The molecule has 1 fully saturated rings. The molecule has 1 aliphatic rings. The smallest absolute Gasteiger partial charge is 0.342 e. The predicted molar refractivity (Wildman–Crippen MR) is 172 cm³/mol. The molecular formula is C35H44N4O7. The van der Waals surface area contributed by atoms with E-state index < -0.39 is 36.2 Å². The van der Waals surface area contributed by atoms with E-state index in [1.807, 2.05) is 32.0 Å². The van der Waals surface area contributed by atoms with E-state index in [1.54, 1.807) is 33.9 Å². The minimum Gasteiger partial charge on any atom is -0.496 e. The van der Waals surface area contributed by atoms with Crippen molar-refractivity contribution in [1.82, 2.24) is 20.3 Å². The number of nitrogens with one attached hydrogen (secondary N) is 2. The highest BCUT2D eigenvalue weighted by Crippen LogP contribution is 2.29. The molecule has 2 aromatic heterocycles. The van der Waals surface area contributed by atoms with Crippen LogP contribution in [0.25, 0.3) is 10.9 Å². The fourth-order valence-corrected chi connectivity index (χ4v) is 6.28. The first kappa shape index (κ1) is 34.5. The van der Waals surface area contributed by atoms with Gasteiger partial charge in [0.1, 0.15) is 22.9 Å². The van der Waals surface area contributed by atoms with Gasteiger partial charge in [-0.05, 0) is 70.6 Å². The molecule has 4 rings (SSSR count). The molecule has 3 aromatic rings. The number of Topliss-reactive ketones (excluding diaryl/α,β-unsaturated/α-hetero) is 3. The number of aromatic nitrogens is 3. The van der Waals surface area contributed by atoms with Crippen LogP contribution < -0.4 is 10.1 Å². The molecule has 11 nitrogen and oxygen atoms in total. The Kier molecular flexibility index (Phi) is 11.4. The molecule has 2 N–H and O–H groups in total. The Morgan fingerprint density at radius 3 is 2.43 bits per heavy atom. The first-order valence-electron chi connectivity index (χ1n) is 15.9. The third kappa shape index (κ3) is 8.44. The third-order valence-electron chi connectivity index (χ3n) is 8.54. The van der Waals surface area contributed by atoms with E-state index >= 15 is 0 Å². The molecule has 2 heterocycles. The number of rotatable bonds is 14. The van der Waals surface area contributed by atoms with Crippen molar-refractivity contribution in [2.45, 2.75) is 85.6 Å². The number of ketones is 3. The lowest BCUT2D eigenvalue weighted by molar-refractivity contribution is -0.133. The summed E-state index contributed by atoms with van der Waals surface area (Å²) < 4.78 is 10.8.